The summed E-state index contributed by atoms with van der Waals surface area (Å²) in [5.74, 6) is 0.522. The molecule has 5 heteroatoms. The van der Waals surface area contributed by atoms with Crippen LogP contribution in [0.4, 0.5) is 0 Å². The highest BCUT2D eigenvalue weighted by molar-refractivity contribution is 7.80. The van der Waals surface area contributed by atoms with E-state index in [1.807, 2.05) is 0 Å². The number of rotatable bonds is 2. The molecule has 2 fully saturated rings. The Labute approximate surface area is 114 Å². The van der Waals surface area contributed by atoms with E-state index >= 15 is 0 Å². The summed E-state index contributed by atoms with van der Waals surface area (Å²) in [7, 11) is 0. The summed E-state index contributed by atoms with van der Waals surface area (Å²) >= 11 is 5.10. The lowest BCUT2D eigenvalue weighted by atomic mass is 9.61. The zero-order chi connectivity index (χ0) is 13.6. The van der Waals surface area contributed by atoms with Crippen molar-refractivity contribution in [3.05, 3.63) is 0 Å². The van der Waals surface area contributed by atoms with E-state index in [0.717, 1.165) is 25.7 Å². The Balaban J connectivity index is 2.13. The highest BCUT2D eigenvalue weighted by Gasteiger charge is 2.53. The molecule has 2 aliphatic rings. The Morgan fingerprint density at radius 2 is 2.11 bits per heavy atom. The molecular weight excluding hydrogens is 248 g/mol. The zero-order valence-corrected chi connectivity index (χ0v) is 11.9. The Kier molecular flexibility index (Phi) is 3.40. The van der Waals surface area contributed by atoms with Gasteiger partial charge in [0, 0.05) is 13.1 Å². The number of piperidine rings is 1. The van der Waals surface area contributed by atoms with Gasteiger partial charge in [-0.3, -0.25) is 4.79 Å². The summed E-state index contributed by atoms with van der Waals surface area (Å²) in [5, 5.41) is 10.1. The van der Waals surface area contributed by atoms with Crippen molar-refractivity contribution in [2.45, 2.75) is 45.1 Å². The van der Waals surface area contributed by atoms with Gasteiger partial charge in [-0.25, -0.2) is 0 Å². The molecule has 0 aromatic rings. The van der Waals surface area contributed by atoms with Crippen molar-refractivity contribution in [1.29, 1.82) is 0 Å². The van der Waals surface area contributed by atoms with E-state index in [1.54, 1.807) is 11.8 Å². The molecule has 3 N–H and O–H groups in total. The predicted molar refractivity (Wildman–Crippen MR) is 74.1 cm³/mol. The fourth-order valence-electron chi connectivity index (χ4n) is 3.31. The number of β-amino-alcohol motifs (C(OH)–C–C–N with tert-alkyl or cyclic N) is 1. The van der Waals surface area contributed by atoms with Gasteiger partial charge in [-0.15, -0.1) is 0 Å². The minimum absolute atomic E-state index is 0.0214. The fraction of sp³-hybridized carbons (Fsp3) is 0.846. The number of hydrogen-bond donors (Lipinski definition) is 2. The monoisotopic (exact) mass is 270 g/mol. The molecular formula is C13H22N2O2S. The normalized spacial score (nSPS) is 40.2. The molecule has 102 valence electrons. The number of nitrogens with zero attached hydrogens (tertiary/aromatic N) is 1. The average molecular weight is 270 g/mol. The lowest BCUT2D eigenvalue weighted by molar-refractivity contribution is -0.150. The Hall–Kier alpha value is -0.680. The number of thiocarbonyl (C=S) groups is 1. The molecule has 1 aliphatic heterocycles. The van der Waals surface area contributed by atoms with E-state index in [1.165, 1.54) is 0 Å². The minimum Gasteiger partial charge on any atom is -0.392 e. The average Bonchev–Trinajstić information content (AvgIpc) is 2.21. The first-order valence-corrected chi connectivity index (χ1v) is 6.99. The van der Waals surface area contributed by atoms with Gasteiger partial charge in [0.15, 0.2) is 0 Å². The van der Waals surface area contributed by atoms with Gasteiger partial charge in [0.05, 0.1) is 16.0 Å². The molecule has 1 aliphatic carbocycles. The lowest BCUT2D eigenvalue weighted by Crippen LogP contribution is -2.60. The molecule has 0 bridgehead atoms. The van der Waals surface area contributed by atoms with Crippen molar-refractivity contribution in [2.24, 2.45) is 17.1 Å². The summed E-state index contributed by atoms with van der Waals surface area (Å²) in [6.07, 6.45) is 3.08. The molecule has 2 rings (SSSR count). The van der Waals surface area contributed by atoms with Crippen molar-refractivity contribution < 1.29 is 9.90 Å². The van der Waals surface area contributed by atoms with Crippen molar-refractivity contribution >= 4 is 23.1 Å². The van der Waals surface area contributed by atoms with Crippen molar-refractivity contribution in [1.82, 2.24) is 4.90 Å². The van der Waals surface area contributed by atoms with Crippen molar-refractivity contribution in [2.75, 3.05) is 13.1 Å². The maximum atomic E-state index is 12.6. The number of amides is 1. The third-order valence-corrected chi connectivity index (χ3v) is 4.63. The Bertz CT molecular complexity index is 375. The first-order chi connectivity index (χ1) is 8.27. The molecule has 1 saturated carbocycles. The topological polar surface area (TPSA) is 66.6 Å². The second-order valence-electron chi connectivity index (χ2n) is 6.29. The van der Waals surface area contributed by atoms with E-state index in [0.29, 0.717) is 24.0 Å². The third-order valence-electron chi connectivity index (χ3n) is 4.24. The molecule has 1 heterocycles. The van der Waals surface area contributed by atoms with Crippen molar-refractivity contribution in [3.8, 4) is 0 Å². The van der Waals surface area contributed by atoms with Gasteiger partial charge in [-0.05, 0) is 38.5 Å². The molecule has 0 spiro atoms. The summed E-state index contributed by atoms with van der Waals surface area (Å²) in [6.45, 7) is 4.98. The quantitative estimate of drug-likeness (QED) is 0.736. The standard InChI is InChI=1S/C13H22N2O2S/c1-9-6-13(7-9,10(14)18)11(16)15-5-3-4-12(2,17)8-15/h9,17H,3-8H2,1-2H3,(H2,14,18). The molecule has 1 amide bonds. The largest absolute Gasteiger partial charge is 0.392 e. The maximum absolute atomic E-state index is 12.6. The van der Waals surface area contributed by atoms with Crippen LogP contribution < -0.4 is 5.73 Å². The molecule has 0 radical (unpaired) electrons. The van der Waals surface area contributed by atoms with Crippen LogP contribution in [0.3, 0.4) is 0 Å². The lowest BCUT2D eigenvalue weighted by Gasteiger charge is -2.48. The molecule has 4 nitrogen and oxygen atoms in total. The number of aliphatic hydroxyl groups is 1. The minimum atomic E-state index is -0.777. The molecule has 18 heavy (non-hydrogen) atoms. The van der Waals surface area contributed by atoms with Crippen LogP contribution in [0.1, 0.15) is 39.5 Å². The van der Waals surface area contributed by atoms with Crippen LogP contribution in [-0.2, 0) is 4.79 Å². The van der Waals surface area contributed by atoms with Gasteiger partial charge in [-0.1, -0.05) is 19.1 Å². The number of carbonyl (C=O) groups is 1. The smallest absolute Gasteiger partial charge is 0.235 e. The van der Waals surface area contributed by atoms with Crippen LogP contribution in [-0.4, -0.2) is 39.6 Å². The van der Waals surface area contributed by atoms with Gasteiger partial charge in [0.25, 0.3) is 0 Å². The van der Waals surface area contributed by atoms with Crippen molar-refractivity contribution in [3.63, 3.8) is 0 Å². The Morgan fingerprint density at radius 1 is 1.50 bits per heavy atom. The maximum Gasteiger partial charge on any atom is 0.235 e. The summed E-state index contributed by atoms with van der Waals surface area (Å²) in [5.41, 5.74) is 4.38. The molecule has 0 aromatic carbocycles. The van der Waals surface area contributed by atoms with Crippen LogP contribution in [0.15, 0.2) is 0 Å². The van der Waals surface area contributed by atoms with E-state index in [4.69, 9.17) is 18.0 Å². The third kappa shape index (κ3) is 2.26. The van der Waals surface area contributed by atoms with Crippen LogP contribution in [0.2, 0.25) is 0 Å². The molecule has 1 saturated heterocycles. The second-order valence-corrected chi connectivity index (χ2v) is 6.73. The number of carbonyl (C=O) groups excluding carboxylic acids is 1. The van der Waals surface area contributed by atoms with Crippen LogP contribution in [0.5, 0.6) is 0 Å². The van der Waals surface area contributed by atoms with Crippen LogP contribution in [0.25, 0.3) is 0 Å². The molecule has 1 unspecified atom stereocenters. The summed E-state index contributed by atoms with van der Waals surface area (Å²) in [4.78, 5) is 14.7. The van der Waals surface area contributed by atoms with Gasteiger partial charge < -0.3 is 15.7 Å². The highest BCUT2D eigenvalue weighted by atomic mass is 32.1. The molecule has 1 atom stereocenters. The van der Waals surface area contributed by atoms with Gasteiger partial charge in [-0.2, -0.15) is 0 Å². The SMILES string of the molecule is CC1CC(C(=O)N2CCCC(C)(O)C2)(C(N)=S)C1. The summed E-state index contributed by atoms with van der Waals surface area (Å²) in [6, 6.07) is 0. The van der Waals surface area contributed by atoms with Crippen LogP contribution in [0, 0.1) is 11.3 Å². The van der Waals surface area contributed by atoms with E-state index < -0.39 is 11.0 Å². The van der Waals surface area contributed by atoms with Gasteiger partial charge in [0.2, 0.25) is 5.91 Å². The van der Waals surface area contributed by atoms with E-state index in [-0.39, 0.29) is 5.91 Å². The molecule has 0 aromatic heterocycles. The number of nitrogens with two attached hydrogens (primary N) is 1. The highest BCUT2D eigenvalue weighted by Crippen LogP contribution is 2.47. The first kappa shape index (κ1) is 13.7. The van der Waals surface area contributed by atoms with Crippen LogP contribution >= 0.6 is 12.2 Å². The number of likely N-dealkylation sites (tertiary alicyclic amines) is 1. The summed E-state index contributed by atoms with van der Waals surface area (Å²) < 4.78 is 0. The zero-order valence-electron chi connectivity index (χ0n) is 11.1. The predicted octanol–water partition coefficient (Wildman–Crippen LogP) is 1.06. The number of hydrogen-bond acceptors (Lipinski definition) is 3. The Morgan fingerprint density at radius 3 is 2.56 bits per heavy atom. The fourth-order valence-corrected chi connectivity index (χ4v) is 3.56. The van der Waals surface area contributed by atoms with Gasteiger partial charge >= 0.3 is 0 Å². The van der Waals surface area contributed by atoms with E-state index in [9.17, 15) is 9.90 Å². The van der Waals surface area contributed by atoms with E-state index in [2.05, 4.69) is 6.92 Å². The van der Waals surface area contributed by atoms with Gasteiger partial charge in [0.1, 0.15) is 0 Å². The first-order valence-electron chi connectivity index (χ1n) is 6.58. The second kappa shape index (κ2) is 4.46.